The van der Waals surface area contributed by atoms with Crippen LogP contribution in [0, 0.1) is 0 Å². The molecule has 1 aromatic carbocycles. The van der Waals surface area contributed by atoms with Gasteiger partial charge in [0.2, 0.25) is 5.91 Å². The second kappa shape index (κ2) is 3.03. The molecule has 1 amide bonds. The Balaban J connectivity index is 2.29. The summed E-state index contributed by atoms with van der Waals surface area (Å²) in [7, 11) is 1.64. The number of likely N-dealkylation sites (N-methyl/N-ethyl adjacent to an activating group) is 1. The van der Waals surface area contributed by atoms with Crippen molar-refractivity contribution in [3.8, 4) is 0 Å². The van der Waals surface area contributed by atoms with E-state index in [2.05, 4.69) is 0 Å². The Labute approximate surface area is 98.2 Å². The Morgan fingerprint density at radius 3 is 2.53 bits per heavy atom. The predicted octanol–water partition coefficient (Wildman–Crippen LogP) is 0.833. The molecule has 0 radical (unpaired) electrons. The first-order chi connectivity index (χ1) is 8.07. The number of hydrogen-bond donors (Lipinski definition) is 0. The summed E-state index contributed by atoms with van der Waals surface area (Å²) < 4.78 is 0. The zero-order valence-electron chi connectivity index (χ0n) is 9.40. The van der Waals surface area contributed by atoms with E-state index in [0.29, 0.717) is 5.56 Å². The fraction of sp³-hybridized carbons (Fsp3) is 0.308. The number of nitrogens with zero attached hydrogens (tertiary/aromatic N) is 1. The van der Waals surface area contributed by atoms with Crippen LogP contribution >= 0.6 is 0 Å². The minimum absolute atomic E-state index is 0.0199. The van der Waals surface area contributed by atoms with Crippen molar-refractivity contribution in [2.45, 2.75) is 18.3 Å². The van der Waals surface area contributed by atoms with Gasteiger partial charge in [-0.15, -0.1) is 0 Å². The smallest absolute Gasteiger partial charge is 0.245 e. The molecule has 1 aliphatic carbocycles. The van der Waals surface area contributed by atoms with Crippen LogP contribution in [0.25, 0.3) is 0 Å². The molecule has 1 aromatic rings. The van der Waals surface area contributed by atoms with E-state index in [1.165, 1.54) is 4.90 Å². The van der Waals surface area contributed by atoms with Crippen LogP contribution in [0.2, 0.25) is 0 Å². The van der Waals surface area contributed by atoms with E-state index in [9.17, 15) is 14.4 Å². The first kappa shape index (κ1) is 10.2. The van der Waals surface area contributed by atoms with Gasteiger partial charge in [-0.25, -0.2) is 0 Å². The molecule has 1 spiro atoms. The molecule has 0 aromatic heterocycles. The predicted molar refractivity (Wildman–Crippen MR) is 60.8 cm³/mol. The highest BCUT2D eigenvalue weighted by Gasteiger charge is 2.59. The Morgan fingerprint density at radius 2 is 1.88 bits per heavy atom. The molecule has 17 heavy (non-hydrogen) atoms. The van der Waals surface area contributed by atoms with Gasteiger partial charge in [0.15, 0.2) is 5.78 Å². The molecule has 86 valence electrons. The van der Waals surface area contributed by atoms with E-state index >= 15 is 0 Å². The van der Waals surface area contributed by atoms with Crippen molar-refractivity contribution in [1.82, 2.24) is 0 Å². The van der Waals surface area contributed by atoms with Crippen LogP contribution in [0.1, 0.15) is 18.4 Å². The van der Waals surface area contributed by atoms with Crippen LogP contribution in [-0.2, 0) is 19.8 Å². The summed E-state index contributed by atoms with van der Waals surface area (Å²) in [5.74, 6) is -0.674. The van der Waals surface area contributed by atoms with Gasteiger partial charge < -0.3 is 4.90 Å². The first-order valence-electron chi connectivity index (χ1n) is 5.50. The average molecular weight is 229 g/mol. The quantitative estimate of drug-likeness (QED) is 0.619. The van der Waals surface area contributed by atoms with Crippen molar-refractivity contribution >= 4 is 23.2 Å². The molecule has 2 aliphatic rings. The largest absolute Gasteiger partial charge is 0.314 e. The molecule has 0 saturated heterocycles. The molecule has 4 nitrogen and oxygen atoms in total. The van der Waals surface area contributed by atoms with Crippen molar-refractivity contribution in [3.63, 3.8) is 0 Å². The Morgan fingerprint density at radius 1 is 1.18 bits per heavy atom. The normalized spacial score (nSPS) is 27.1. The highest BCUT2D eigenvalue weighted by atomic mass is 16.2. The molecule has 1 saturated carbocycles. The number of rotatable bonds is 0. The molecule has 1 heterocycles. The van der Waals surface area contributed by atoms with E-state index in [-0.39, 0.29) is 30.3 Å². The molecule has 1 unspecified atom stereocenters. The standard InChI is InChI=1S/C13H11NO3/c1-14-10-5-3-2-4-9(10)13(12(14)17)7-8(15)6-11(13)16/h2-5H,6-7H2,1H3. The number of carbonyl (C=O) groups is 3. The van der Waals surface area contributed by atoms with Crippen molar-refractivity contribution in [2.75, 3.05) is 11.9 Å². The minimum atomic E-state index is -1.22. The maximum atomic E-state index is 12.3. The summed E-state index contributed by atoms with van der Waals surface area (Å²) in [6, 6.07) is 7.19. The maximum absolute atomic E-state index is 12.3. The van der Waals surface area contributed by atoms with Gasteiger partial charge in [0.25, 0.3) is 0 Å². The fourth-order valence-electron chi connectivity index (χ4n) is 2.87. The van der Waals surface area contributed by atoms with Gasteiger partial charge in [-0.3, -0.25) is 14.4 Å². The van der Waals surface area contributed by atoms with Crippen LogP contribution in [0.5, 0.6) is 0 Å². The third-order valence-electron chi connectivity index (χ3n) is 3.69. The number of amides is 1. The molecule has 1 atom stereocenters. The molecule has 1 fully saturated rings. The number of benzene rings is 1. The second-order valence-electron chi connectivity index (χ2n) is 4.60. The number of ketones is 2. The minimum Gasteiger partial charge on any atom is -0.314 e. The second-order valence-corrected chi connectivity index (χ2v) is 4.60. The zero-order valence-corrected chi connectivity index (χ0v) is 9.40. The number of carbonyl (C=O) groups excluding carboxylic acids is 3. The molecule has 1 aliphatic heterocycles. The van der Waals surface area contributed by atoms with E-state index in [0.717, 1.165) is 5.69 Å². The van der Waals surface area contributed by atoms with E-state index < -0.39 is 5.41 Å². The van der Waals surface area contributed by atoms with Gasteiger partial charge in [-0.1, -0.05) is 18.2 Å². The third-order valence-corrected chi connectivity index (χ3v) is 3.69. The maximum Gasteiger partial charge on any atom is 0.245 e. The summed E-state index contributed by atoms with van der Waals surface area (Å²) in [5.41, 5.74) is 0.200. The summed E-state index contributed by atoms with van der Waals surface area (Å²) in [6.07, 6.45) is -0.0973. The van der Waals surface area contributed by atoms with Crippen LogP contribution in [0.4, 0.5) is 5.69 Å². The van der Waals surface area contributed by atoms with E-state index in [4.69, 9.17) is 0 Å². The van der Waals surface area contributed by atoms with Gasteiger partial charge in [-0.05, 0) is 11.6 Å². The molecule has 0 bridgehead atoms. The number of Topliss-reactive ketones (excluding diaryl/α,β-unsaturated/α-hetero) is 2. The van der Waals surface area contributed by atoms with Crippen LogP contribution in [0.15, 0.2) is 24.3 Å². The summed E-state index contributed by atoms with van der Waals surface area (Å²) in [4.78, 5) is 37.3. The lowest BCUT2D eigenvalue weighted by Crippen LogP contribution is -2.41. The number of hydrogen-bond acceptors (Lipinski definition) is 3. The van der Waals surface area contributed by atoms with Gasteiger partial charge in [0, 0.05) is 19.2 Å². The Hall–Kier alpha value is -1.97. The number of para-hydroxylation sites is 1. The highest BCUT2D eigenvalue weighted by Crippen LogP contribution is 2.47. The lowest BCUT2D eigenvalue weighted by atomic mass is 9.79. The monoisotopic (exact) mass is 229 g/mol. The van der Waals surface area contributed by atoms with Crippen LogP contribution in [0.3, 0.4) is 0 Å². The molecule has 0 N–H and O–H groups in total. The molecular formula is C13H11NO3. The fourth-order valence-corrected chi connectivity index (χ4v) is 2.87. The SMILES string of the molecule is CN1C(=O)C2(CC(=O)CC2=O)c2ccccc21. The first-order valence-corrected chi connectivity index (χ1v) is 5.50. The molecule has 3 rings (SSSR count). The highest BCUT2D eigenvalue weighted by molar-refractivity contribution is 6.29. The topological polar surface area (TPSA) is 54.5 Å². The summed E-state index contributed by atoms with van der Waals surface area (Å²) >= 11 is 0. The van der Waals surface area contributed by atoms with Gasteiger partial charge >= 0.3 is 0 Å². The zero-order chi connectivity index (χ0) is 12.2. The number of anilines is 1. The van der Waals surface area contributed by atoms with Crippen molar-refractivity contribution in [3.05, 3.63) is 29.8 Å². The van der Waals surface area contributed by atoms with Gasteiger partial charge in [0.05, 0.1) is 6.42 Å². The average Bonchev–Trinajstić information content (AvgIpc) is 2.72. The van der Waals surface area contributed by atoms with Gasteiger partial charge in [-0.2, -0.15) is 0 Å². The van der Waals surface area contributed by atoms with Crippen molar-refractivity contribution in [1.29, 1.82) is 0 Å². The van der Waals surface area contributed by atoms with E-state index in [1.807, 2.05) is 6.07 Å². The molecular weight excluding hydrogens is 218 g/mol. The summed E-state index contributed by atoms with van der Waals surface area (Å²) in [5, 5.41) is 0. The van der Waals surface area contributed by atoms with Crippen LogP contribution < -0.4 is 4.90 Å². The van der Waals surface area contributed by atoms with Crippen molar-refractivity contribution in [2.24, 2.45) is 0 Å². The molecule has 4 heteroatoms. The number of fused-ring (bicyclic) bond motifs is 2. The van der Waals surface area contributed by atoms with Gasteiger partial charge in [0.1, 0.15) is 11.2 Å². The Bertz CT molecular complexity index is 564. The van der Waals surface area contributed by atoms with Crippen molar-refractivity contribution < 1.29 is 14.4 Å². The third kappa shape index (κ3) is 1.05. The Kier molecular flexibility index (Phi) is 1.82. The van der Waals surface area contributed by atoms with Crippen LogP contribution in [-0.4, -0.2) is 24.5 Å². The summed E-state index contributed by atoms with van der Waals surface area (Å²) in [6.45, 7) is 0. The lowest BCUT2D eigenvalue weighted by Gasteiger charge is -2.19. The lowest BCUT2D eigenvalue weighted by molar-refractivity contribution is -0.132. The van der Waals surface area contributed by atoms with E-state index in [1.54, 1.807) is 25.2 Å².